The first kappa shape index (κ1) is 14.5. The molecule has 1 aliphatic rings. The van der Waals surface area contributed by atoms with Gasteiger partial charge in [0.2, 0.25) is 0 Å². The highest BCUT2D eigenvalue weighted by Crippen LogP contribution is 2.31. The van der Waals surface area contributed by atoms with Gasteiger partial charge in [-0.2, -0.15) is 0 Å². The van der Waals surface area contributed by atoms with Crippen molar-refractivity contribution in [2.75, 3.05) is 5.32 Å². The zero-order valence-electron chi connectivity index (χ0n) is 10.8. The molecule has 1 N–H and O–H groups in total. The second kappa shape index (κ2) is 5.40. The number of carbonyl (C=O) groups excluding carboxylic acids is 1. The van der Waals surface area contributed by atoms with E-state index < -0.39 is 10.8 Å². The van der Waals surface area contributed by atoms with Crippen molar-refractivity contribution in [3.63, 3.8) is 0 Å². The van der Waals surface area contributed by atoms with Crippen LogP contribution in [0.3, 0.4) is 0 Å². The summed E-state index contributed by atoms with van der Waals surface area (Å²) in [5.41, 5.74) is 1.20. The molecule has 1 amide bonds. The van der Waals surface area contributed by atoms with E-state index in [-0.39, 0.29) is 11.4 Å². The van der Waals surface area contributed by atoms with Crippen molar-refractivity contribution >= 4 is 51.9 Å². The molecule has 2 aromatic rings. The van der Waals surface area contributed by atoms with E-state index in [1.54, 1.807) is 18.2 Å². The molecule has 0 aliphatic carbocycles. The molecule has 6 nitrogen and oxygen atoms in total. The zero-order chi connectivity index (χ0) is 15.9. The fourth-order valence-electron chi connectivity index (χ4n) is 2.10. The molecule has 0 unspecified atom stereocenters. The molecule has 0 radical (unpaired) electrons. The first-order valence-corrected chi connectivity index (χ1v) is 6.84. The smallest absolute Gasteiger partial charge is 0.275 e. The molecule has 0 aromatic heterocycles. The maximum atomic E-state index is 12.0. The Balaban J connectivity index is 2.12. The number of rotatable bonds is 2. The number of halogens is 2. The van der Waals surface area contributed by atoms with Crippen LogP contribution in [0.1, 0.15) is 5.56 Å². The van der Waals surface area contributed by atoms with Gasteiger partial charge in [-0.3, -0.25) is 14.9 Å². The van der Waals surface area contributed by atoms with Crippen LogP contribution >= 0.6 is 23.2 Å². The van der Waals surface area contributed by atoms with Gasteiger partial charge >= 0.3 is 0 Å². The van der Waals surface area contributed by atoms with Crippen molar-refractivity contribution in [1.82, 2.24) is 0 Å². The van der Waals surface area contributed by atoms with Crippen molar-refractivity contribution < 1.29 is 9.72 Å². The Bertz CT molecular complexity index is 829. The Kier molecular flexibility index (Phi) is 3.56. The van der Waals surface area contributed by atoms with E-state index >= 15 is 0 Å². The molecule has 1 heterocycles. The van der Waals surface area contributed by atoms with Gasteiger partial charge in [0.05, 0.1) is 16.3 Å². The molecule has 0 atom stereocenters. The standard InChI is InChI=1S/C14H7Cl2N3O3/c15-7-3-8(16)5-9(4-7)17-13-11-6-10(19(21)22)1-2-12(11)18-14(13)20/h1-6H,(H,17,18,20). The van der Waals surface area contributed by atoms with E-state index in [0.717, 1.165) is 0 Å². The fraction of sp³-hybridized carbons (Fsp3) is 0. The molecule has 0 bridgehead atoms. The second-order valence-electron chi connectivity index (χ2n) is 4.53. The van der Waals surface area contributed by atoms with Gasteiger partial charge in [-0.05, 0) is 24.3 Å². The number of aliphatic imine (C=N–C) groups is 1. The van der Waals surface area contributed by atoms with Crippen LogP contribution in [0.15, 0.2) is 41.4 Å². The van der Waals surface area contributed by atoms with Crippen LogP contribution in [0.2, 0.25) is 10.0 Å². The van der Waals surface area contributed by atoms with E-state index in [0.29, 0.717) is 27.0 Å². The Hall–Kier alpha value is -2.44. The molecular weight excluding hydrogens is 329 g/mol. The van der Waals surface area contributed by atoms with Gasteiger partial charge in [-0.1, -0.05) is 23.2 Å². The SMILES string of the molecule is O=C1Nc2ccc([N+](=O)[O-])cc2C1=Nc1cc(Cl)cc(Cl)c1. The average molecular weight is 336 g/mol. The number of non-ortho nitro benzene ring substituents is 1. The number of nitro groups is 1. The van der Waals surface area contributed by atoms with Crippen LogP contribution in [-0.4, -0.2) is 16.5 Å². The number of nitro benzene ring substituents is 1. The fourth-order valence-corrected chi connectivity index (χ4v) is 2.61. The lowest BCUT2D eigenvalue weighted by atomic mass is 10.1. The summed E-state index contributed by atoms with van der Waals surface area (Å²) in [5.74, 6) is -0.438. The molecule has 0 saturated heterocycles. The number of nitrogens with one attached hydrogen (secondary N) is 1. The highest BCUT2D eigenvalue weighted by molar-refractivity contribution is 6.54. The molecule has 0 spiro atoms. The maximum Gasteiger partial charge on any atom is 0.275 e. The molecular formula is C14H7Cl2N3O3. The van der Waals surface area contributed by atoms with E-state index in [9.17, 15) is 14.9 Å². The first-order valence-electron chi connectivity index (χ1n) is 6.09. The summed E-state index contributed by atoms with van der Waals surface area (Å²) in [6.45, 7) is 0. The third-order valence-electron chi connectivity index (χ3n) is 3.02. The van der Waals surface area contributed by atoms with E-state index in [4.69, 9.17) is 23.2 Å². The van der Waals surface area contributed by atoms with Crippen molar-refractivity contribution in [3.8, 4) is 0 Å². The quantitative estimate of drug-likeness (QED) is 0.665. The normalized spacial score (nSPS) is 14.8. The number of amides is 1. The van der Waals surface area contributed by atoms with Gasteiger partial charge < -0.3 is 5.32 Å². The molecule has 0 saturated carbocycles. The third kappa shape index (κ3) is 2.66. The van der Waals surface area contributed by atoms with Crippen LogP contribution < -0.4 is 5.32 Å². The second-order valence-corrected chi connectivity index (χ2v) is 5.40. The summed E-state index contributed by atoms with van der Waals surface area (Å²) in [6, 6.07) is 8.72. The minimum absolute atomic E-state index is 0.0806. The summed E-state index contributed by atoms with van der Waals surface area (Å²) < 4.78 is 0. The Morgan fingerprint density at radius 1 is 1.09 bits per heavy atom. The number of benzene rings is 2. The molecule has 2 aromatic carbocycles. The van der Waals surface area contributed by atoms with Gasteiger partial charge in [0.1, 0.15) is 5.71 Å². The van der Waals surface area contributed by atoms with Crippen LogP contribution in [0.25, 0.3) is 0 Å². The zero-order valence-corrected chi connectivity index (χ0v) is 12.4. The number of hydrogen-bond acceptors (Lipinski definition) is 4. The minimum Gasteiger partial charge on any atom is -0.320 e. The maximum absolute atomic E-state index is 12.0. The molecule has 0 fully saturated rings. The average Bonchev–Trinajstić information content (AvgIpc) is 2.73. The van der Waals surface area contributed by atoms with Crippen LogP contribution in [0, 0.1) is 10.1 Å². The number of hydrogen-bond donors (Lipinski definition) is 1. The lowest BCUT2D eigenvalue weighted by Crippen LogP contribution is -2.13. The van der Waals surface area contributed by atoms with Gasteiger partial charge in [0.15, 0.2) is 0 Å². The number of fused-ring (bicyclic) bond motifs is 1. The van der Waals surface area contributed by atoms with Crippen molar-refractivity contribution in [2.45, 2.75) is 0 Å². The Morgan fingerprint density at radius 3 is 2.41 bits per heavy atom. The van der Waals surface area contributed by atoms with Gasteiger partial charge in [-0.25, -0.2) is 4.99 Å². The van der Waals surface area contributed by atoms with Gasteiger partial charge in [0.25, 0.3) is 11.6 Å². The van der Waals surface area contributed by atoms with Crippen LogP contribution in [0.4, 0.5) is 17.1 Å². The van der Waals surface area contributed by atoms with E-state index in [2.05, 4.69) is 10.3 Å². The monoisotopic (exact) mass is 335 g/mol. The minimum atomic E-state index is -0.531. The molecule has 110 valence electrons. The van der Waals surface area contributed by atoms with E-state index in [1.165, 1.54) is 18.2 Å². The molecule has 8 heteroatoms. The van der Waals surface area contributed by atoms with Crippen molar-refractivity contribution in [2.24, 2.45) is 4.99 Å². The Morgan fingerprint density at radius 2 is 1.77 bits per heavy atom. The largest absolute Gasteiger partial charge is 0.320 e. The molecule has 3 rings (SSSR count). The number of nitrogens with zero attached hydrogens (tertiary/aromatic N) is 2. The summed E-state index contributed by atoms with van der Waals surface area (Å²) in [7, 11) is 0. The summed E-state index contributed by atoms with van der Waals surface area (Å²) in [6.07, 6.45) is 0. The third-order valence-corrected chi connectivity index (χ3v) is 3.46. The van der Waals surface area contributed by atoms with Gasteiger partial charge in [-0.15, -0.1) is 0 Å². The van der Waals surface area contributed by atoms with E-state index in [1.807, 2.05) is 0 Å². The Labute approximate surface area is 134 Å². The van der Waals surface area contributed by atoms with Crippen LogP contribution in [-0.2, 0) is 4.79 Å². The summed E-state index contributed by atoms with van der Waals surface area (Å²) in [4.78, 5) is 26.6. The van der Waals surface area contributed by atoms with Crippen molar-refractivity contribution in [1.29, 1.82) is 0 Å². The predicted octanol–water partition coefficient (Wildman–Crippen LogP) is 3.97. The molecule has 1 aliphatic heterocycles. The lowest BCUT2D eigenvalue weighted by Gasteiger charge is -2.00. The topological polar surface area (TPSA) is 84.6 Å². The highest BCUT2D eigenvalue weighted by Gasteiger charge is 2.28. The summed E-state index contributed by atoms with van der Waals surface area (Å²) in [5, 5.41) is 14.2. The van der Waals surface area contributed by atoms with Crippen LogP contribution in [0.5, 0.6) is 0 Å². The number of carbonyl (C=O) groups is 1. The first-order chi connectivity index (χ1) is 10.4. The summed E-state index contributed by atoms with van der Waals surface area (Å²) >= 11 is 11.8. The van der Waals surface area contributed by atoms with Gasteiger partial charge in [0, 0.05) is 27.7 Å². The number of anilines is 1. The molecule has 22 heavy (non-hydrogen) atoms. The lowest BCUT2D eigenvalue weighted by molar-refractivity contribution is -0.384. The predicted molar refractivity (Wildman–Crippen MR) is 84.4 cm³/mol. The van der Waals surface area contributed by atoms with Crippen molar-refractivity contribution in [3.05, 3.63) is 62.1 Å². The highest BCUT2D eigenvalue weighted by atomic mass is 35.5.